The highest BCUT2D eigenvalue weighted by molar-refractivity contribution is 5.99. The largest absolute Gasteiger partial charge is 0.465 e. The number of aromatic nitrogens is 3. The maximum Gasteiger partial charge on any atom is 0.313 e. The van der Waals surface area contributed by atoms with Gasteiger partial charge in [-0.2, -0.15) is 0 Å². The second-order valence-electron chi connectivity index (χ2n) is 11.2. The van der Waals surface area contributed by atoms with Crippen LogP contribution in [0.4, 0.5) is 0 Å². The number of allylic oxidation sites excluding steroid dienone is 1. The first-order chi connectivity index (χ1) is 19.4. The number of ether oxygens (including phenoxy) is 2. The van der Waals surface area contributed by atoms with Gasteiger partial charge in [0, 0.05) is 19.7 Å². The molecule has 0 saturated carbocycles. The Morgan fingerprint density at radius 2 is 1.90 bits per heavy atom. The highest BCUT2D eigenvalue weighted by Crippen LogP contribution is 2.57. The van der Waals surface area contributed by atoms with Crippen molar-refractivity contribution in [3.63, 3.8) is 0 Å². The van der Waals surface area contributed by atoms with Gasteiger partial charge in [0.1, 0.15) is 29.7 Å². The molecule has 0 aliphatic carbocycles. The lowest BCUT2D eigenvalue weighted by Gasteiger charge is -2.37. The summed E-state index contributed by atoms with van der Waals surface area (Å²) in [6.45, 7) is 2.90. The summed E-state index contributed by atoms with van der Waals surface area (Å²) >= 11 is 0. The highest BCUT2D eigenvalue weighted by atomic mass is 16.6. The van der Waals surface area contributed by atoms with Gasteiger partial charge >= 0.3 is 5.97 Å². The summed E-state index contributed by atoms with van der Waals surface area (Å²) in [5.74, 6) is -2.81. The predicted molar refractivity (Wildman–Crippen MR) is 143 cm³/mol. The summed E-state index contributed by atoms with van der Waals surface area (Å²) in [4.78, 5) is 45.4. The number of aliphatic hydroxyl groups is 1. The molecule has 1 unspecified atom stereocenters. The predicted octanol–water partition coefficient (Wildman–Crippen LogP) is 1.81. The fourth-order valence-electron chi connectivity index (χ4n) is 6.80. The summed E-state index contributed by atoms with van der Waals surface area (Å²) in [6.07, 6.45) is 10.9. The minimum absolute atomic E-state index is 0.0625. The van der Waals surface area contributed by atoms with Crippen molar-refractivity contribution in [1.29, 1.82) is 0 Å². The molecule has 0 bridgehead atoms. The molecule has 4 aliphatic heterocycles. The summed E-state index contributed by atoms with van der Waals surface area (Å²) in [6, 6.07) is 6.58. The zero-order valence-electron chi connectivity index (χ0n) is 22.6. The highest BCUT2D eigenvalue weighted by Gasteiger charge is 2.74. The molecule has 0 radical (unpaired) electrons. The van der Waals surface area contributed by atoms with Crippen LogP contribution >= 0.6 is 0 Å². The Balaban J connectivity index is 1.39. The van der Waals surface area contributed by atoms with Gasteiger partial charge in [0.05, 0.1) is 23.6 Å². The Hall–Kier alpha value is -3.57. The number of benzene rings is 1. The molecule has 1 aromatic heterocycles. The monoisotopic (exact) mass is 549 g/mol. The number of fused-ring (bicyclic) bond motifs is 3. The third-order valence-electron chi connectivity index (χ3n) is 8.62. The molecular formula is C29H35N5O6. The van der Waals surface area contributed by atoms with E-state index in [1.54, 1.807) is 14.5 Å². The zero-order chi connectivity index (χ0) is 27.9. The minimum atomic E-state index is -1.33. The maximum atomic E-state index is 14.4. The molecule has 5 atom stereocenters. The Kier molecular flexibility index (Phi) is 6.95. The summed E-state index contributed by atoms with van der Waals surface area (Å²) in [5.41, 5.74) is -0.911. The first kappa shape index (κ1) is 26.6. The third-order valence-corrected chi connectivity index (χ3v) is 8.62. The van der Waals surface area contributed by atoms with Crippen molar-refractivity contribution < 1.29 is 29.0 Å². The number of nitrogens with zero attached hydrogens (tertiary/aromatic N) is 5. The van der Waals surface area contributed by atoms with Crippen molar-refractivity contribution in [2.45, 2.75) is 62.9 Å². The van der Waals surface area contributed by atoms with Crippen molar-refractivity contribution in [2.75, 3.05) is 26.3 Å². The van der Waals surface area contributed by atoms with Gasteiger partial charge in [0.25, 0.3) is 5.91 Å². The van der Waals surface area contributed by atoms with Gasteiger partial charge in [0.15, 0.2) is 0 Å². The van der Waals surface area contributed by atoms with Gasteiger partial charge in [-0.15, -0.1) is 5.10 Å². The SMILES string of the molecule is C[C@@]12/C=C\CCCOC(=O)[C@@H]1[C@H]1C(=O)N(CCCCCO)C3C(=O)N(Cn4nnc5ccccc54)CC=C[C@@]31O2. The van der Waals surface area contributed by atoms with E-state index in [0.717, 1.165) is 17.5 Å². The number of carbonyl (C=O) groups excluding carboxylic acids is 3. The number of hydrogen-bond acceptors (Lipinski definition) is 8. The standard InChI is InChI=1S/C29H35N5O6/c1-28-13-6-2-9-18-39-27(38)23(28)22-25(36)33(16-7-3-8-17-35)24-26(37)32(15-10-14-29(22,24)40-28)19-34-21-12-5-4-11-20(21)30-31-34/h4-6,10-14,22-24,35H,2-3,7-9,15-19H2,1H3/b13-6-/t22-,23-,24?,28+,29-/m0/s1. The number of hydrogen-bond donors (Lipinski definition) is 1. The van der Waals surface area contributed by atoms with Crippen LogP contribution in [0.2, 0.25) is 0 Å². The second-order valence-corrected chi connectivity index (χ2v) is 11.2. The maximum absolute atomic E-state index is 14.4. The van der Waals surface area contributed by atoms with Gasteiger partial charge in [-0.05, 0) is 51.2 Å². The lowest BCUT2D eigenvalue weighted by molar-refractivity contribution is -0.160. The molecule has 2 saturated heterocycles. The molecule has 1 N–H and O–H groups in total. The van der Waals surface area contributed by atoms with Crippen LogP contribution in [0.15, 0.2) is 48.6 Å². The molecule has 2 fully saturated rings. The number of para-hydroxylation sites is 1. The number of carbonyl (C=O) groups is 3. The molecule has 40 heavy (non-hydrogen) atoms. The quantitative estimate of drug-likeness (QED) is 0.315. The van der Waals surface area contributed by atoms with Crippen molar-refractivity contribution in [2.24, 2.45) is 11.8 Å². The zero-order valence-corrected chi connectivity index (χ0v) is 22.6. The molecule has 2 aromatic rings. The van der Waals surface area contributed by atoms with Crippen LogP contribution in [-0.2, 0) is 30.5 Å². The lowest BCUT2D eigenvalue weighted by Crippen LogP contribution is -2.56. The van der Waals surface area contributed by atoms with Crippen molar-refractivity contribution in [3.05, 3.63) is 48.6 Å². The molecule has 212 valence electrons. The lowest BCUT2D eigenvalue weighted by atomic mass is 9.74. The number of rotatable bonds is 7. The Morgan fingerprint density at radius 3 is 2.75 bits per heavy atom. The minimum Gasteiger partial charge on any atom is -0.465 e. The first-order valence-corrected chi connectivity index (χ1v) is 14.1. The first-order valence-electron chi connectivity index (χ1n) is 14.1. The van der Waals surface area contributed by atoms with E-state index in [1.807, 2.05) is 55.5 Å². The molecule has 11 heteroatoms. The average molecular weight is 550 g/mol. The van der Waals surface area contributed by atoms with Crippen molar-refractivity contribution >= 4 is 28.8 Å². The van der Waals surface area contributed by atoms with Crippen LogP contribution in [0.25, 0.3) is 11.0 Å². The summed E-state index contributed by atoms with van der Waals surface area (Å²) < 4.78 is 14.1. The van der Waals surface area contributed by atoms with Gasteiger partial charge in [-0.1, -0.05) is 41.7 Å². The average Bonchev–Trinajstić information content (AvgIpc) is 3.51. The Morgan fingerprint density at radius 1 is 1.05 bits per heavy atom. The van der Waals surface area contributed by atoms with Crippen LogP contribution in [0.3, 0.4) is 0 Å². The van der Waals surface area contributed by atoms with Gasteiger partial charge in [0.2, 0.25) is 5.91 Å². The smallest absolute Gasteiger partial charge is 0.313 e. The molecule has 5 heterocycles. The number of likely N-dealkylation sites (tertiary alicyclic amines) is 1. The van der Waals surface area contributed by atoms with E-state index in [-0.39, 0.29) is 38.2 Å². The van der Waals surface area contributed by atoms with E-state index in [2.05, 4.69) is 10.3 Å². The molecule has 1 spiro atoms. The number of cyclic esters (lactones) is 1. The number of aliphatic hydroxyl groups excluding tert-OH is 1. The van der Waals surface area contributed by atoms with Crippen molar-refractivity contribution in [1.82, 2.24) is 24.8 Å². The number of esters is 1. The molecule has 2 amide bonds. The number of unbranched alkanes of at least 4 members (excludes halogenated alkanes) is 2. The van der Waals surface area contributed by atoms with Crippen molar-refractivity contribution in [3.8, 4) is 0 Å². The van der Waals surface area contributed by atoms with Gasteiger partial charge in [-0.3, -0.25) is 14.4 Å². The summed E-state index contributed by atoms with van der Waals surface area (Å²) in [7, 11) is 0. The van der Waals surface area contributed by atoms with E-state index in [4.69, 9.17) is 9.47 Å². The third kappa shape index (κ3) is 4.23. The topological polar surface area (TPSA) is 127 Å². The van der Waals surface area contributed by atoms with E-state index in [0.29, 0.717) is 32.2 Å². The van der Waals surface area contributed by atoms with Crippen LogP contribution in [0, 0.1) is 11.8 Å². The second kappa shape index (κ2) is 10.4. The Labute approximate surface area is 232 Å². The molecule has 1 aromatic carbocycles. The van der Waals surface area contributed by atoms with Crippen LogP contribution in [-0.4, -0.2) is 91.2 Å². The van der Waals surface area contributed by atoms with Gasteiger partial charge < -0.3 is 24.4 Å². The molecule has 6 rings (SSSR count). The fraction of sp³-hybridized carbons (Fsp3) is 0.552. The Bertz CT molecular complexity index is 1370. The fourth-order valence-corrected chi connectivity index (χ4v) is 6.80. The van der Waals surface area contributed by atoms with Gasteiger partial charge in [-0.25, -0.2) is 4.68 Å². The number of amides is 2. The summed E-state index contributed by atoms with van der Waals surface area (Å²) in [5, 5.41) is 17.7. The van der Waals surface area contributed by atoms with Crippen LogP contribution in [0.1, 0.15) is 39.0 Å². The van der Waals surface area contributed by atoms with Crippen LogP contribution in [0.5, 0.6) is 0 Å². The molecular weight excluding hydrogens is 514 g/mol. The van der Waals surface area contributed by atoms with E-state index >= 15 is 0 Å². The van der Waals surface area contributed by atoms with Crippen LogP contribution < -0.4 is 0 Å². The van der Waals surface area contributed by atoms with E-state index in [9.17, 15) is 19.5 Å². The van der Waals surface area contributed by atoms with E-state index in [1.165, 1.54) is 0 Å². The normalized spacial score (nSPS) is 32.6. The molecule has 11 nitrogen and oxygen atoms in total. The van der Waals surface area contributed by atoms with E-state index < -0.39 is 35.0 Å². The molecule has 4 aliphatic rings.